The zero-order chi connectivity index (χ0) is 13.1. The second-order valence-electron chi connectivity index (χ2n) is 5.24. The molecule has 0 aliphatic heterocycles. The van der Waals surface area contributed by atoms with Crippen molar-refractivity contribution in [2.45, 2.75) is 38.6 Å². The van der Waals surface area contributed by atoms with Gasteiger partial charge in [0.05, 0.1) is 16.9 Å². The van der Waals surface area contributed by atoms with Crippen LogP contribution >= 0.6 is 0 Å². The number of hydrogen-bond acceptors (Lipinski definition) is 3. The third-order valence-electron chi connectivity index (χ3n) is 3.67. The number of rotatable bonds is 3. The predicted octanol–water partition coefficient (Wildman–Crippen LogP) is 2.36. The van der Waals surface area contributed by atoms with Crippen LogP contribution in [0.4, 0.5) is 11.4 Å². The average molecular weight is 247 g/mol. The van der Waals surface area contributed by atoms with Crippen LogP contribution < -0.4 is 16.8 Å². The van der Waals surface area contributed by atoms with Crippen LogP contribution in [-0.4, -0.2) is 11.9 Å². The number of carbonyl (C=O) groups is 1. The second kappa shape index (κ2) is 5.29. The maximum absolute atomic E-state index is 11.2. The van der Waals surface area contributed by atoms with Crippen LogP contribution in [0, 0.1) is 5.92 Å². The molecule has 5 N–H and O–H groups in total. The van der Waals surface area contributed by atoms with Crippen LogP contribution in [0.2, 0.25) is 0 Å². The van der Waals surface area contributed by atoms with Crippen molar-refractivity contribution in [3.05, 3.63) is 23.8 Å². The Bertz CT molecular complexity index is 445. The Balaban J connectivity index is 2.14. The zero-order valence-electron chi connectivity index (χ0n) is 10.8. The number of primary amides is 1. The van der Waals surface area contributed by atoms with Crippen LogP contribution in [-0.2, 0) is 0 Å². The third-order valence-corrected chi connectivity index (χ3v) is 3.67. The molecule has 18 heavy (non-hydrogen) atoms. The van der Waals surface area contributed by atoms with E-state index in [9.17, 15) is 4.79 Å². The van der Waals surface area contributed by atoms with Crippen LogP contribution in [0.25, 0.3) is 0 Å². The van der Waals surface area contributed by atoms with Gasteiger partial charge in [-0.3, -0.25) is 4.79 Å². The van der Waals surface area contributed by atoms with Gasteiger partial charge >= 0.3 is 0 Å². The molecule has 0 bridgehead atoms. The van der Waals surface area contributed by atoms with E-state index < -0.39 is 5.91 Å². The molecule has 0 saturated heterocycles. The normalized spacial score (nSPS) is 23.6. The fraction of sp³-hybridized carbons (Fsp3) is 0.500. The largest absolute Gasteiger partial charge is 0.396 e. The molecular formula is C14H21N3O. The lowest BCUT2D eigenvalue weighted by atomic mass is 9.87. The van der Waals surface area contributed by atoms with Gasteiger partial charge in [-0.2, -0.15) is 0 Å². The first-order valence-corrected chi connectivity index (χ1v) is 6.52. The second-order valence-corrected chi connectivity index (χ2v) is 5.24. The van der Waals surface area contributed by atoms with E-state index in [1.807, 2.05) is 12.1 Å². The van der Waals surface area contributed by atoms with Gasteiger partial charge in [0.15, 0.2) is 0 Å². The molecule has 4 heteroatoms. The number of benzene rings is 1. The minimum absolute atomic E-state index is 0.392. The van der Waals surface area contributed by atoms with Crippen molar-refractivity contribution in [2.75, 3.05) is 11.1 Å². The van der Waals surface area contributed by atoms with Crippen LogP contribution in [0.1, 0.15) is 43.0 Å². The molecule has 98 valence electrons. The van der Waals surface area contributed by atoms with Gasteiger partial charge < -0.3 is 16.8 Å². The van der Waals surface area contributed by atoms with E-state index in [1.165, 1.54) is 12.8 Å². The molecule has 1 aliphatic rings. The van der Waals surface area contributed by atoms with Crippen molar-refractivity contribution in [1.82, 2.24) is 0 Å². The fourth-order valence-electron chi connectivity index (χ4n) is 2.69. The van der Waals surface area contributed by atoms with Crippen LogP contribution in [0.5, 0.6) is 0 Å². The van der Waals surface area contributed by atoms with Gasteiger partial charge in [0, 0.05) is 6.04 Å². The van der Waals surface area contributed by atoms with E-state index in [-0.39, 0.29) is 0 Å². The third kappa shape index (κ3) is 2.75. The van der Waals surface area contributed by atoms with Gasteiger partial charge in [-0.1, -0.05) is 25.8 Å². The standard InChI is InChI=1S/C14H21N3O/c1-9-4-2-5-10(8-9)17-12-7-3-6-11(13(12)15)14(16)18/h3,6-7,9-10,17H,2,4-5,8,15H2,1H3,(H2,16,18). The number of nitrogen functional groups attached to an aromatic ring is 1. The number of anilines is 2. The lowest BCUT2D eigenvalue weighted by Crippen LogP contribution is -2.27. The summed E-state index contributed by atoms with van der Waals surface area (Å²) in [4.78, 5) is 11.2. The highest BCUT2D eigenvalue weighted by atomic mass is 16.1. The van der Waals surface area contributed by atoms with Gasteiger partial charge in [-0.05, 0) is 30.9 Å². The molecule has 0 radical (unpaired) electrons. The monoisotopic (exact) mass is 247 g/mol. The molecule has 2 unspecified atom stereocenters. The Labute approximate surface area is 108 Å². The summed E-state index contributed by atoms with van der Waals surface area (Å²) in [5.74, 6) is 0.268. The molecule has 0 heterocycles. The predicted molar refractivity (Wildman–Crippen MR) is 74.4 cm³/mol. The minimum Gasteiger partial charge on any atom is -0.396 e. The van der Waals surface area contributed by atoms with E-state index in [2.05, 4.69) is 12.2 Å². The summed E-state index contributed by atoms with van der Waals surface area (Å²) in [6, 6.07) is 5.82. The summed E-state index contributed by atoms with van der Waals surface area (Å²) < 4.78 is 0. The lowest BCUT2D eigenvalue weighted by molar-refractivity contribution is 0.100. The summed E-state index contributed by atoms with van der Waals surface area (Å²) >= 11 is 0. The van der Waals surface area contributed by atoms with E-state index in [0.29, 0.717) is 17.3 Å². The molecule has 1 fully saturated rings. The summed E-state index contributed by atoms with van der Waals surface area (Å²) in [5.41, 5.74) is 12.9. The Hall–Kier alpha value is -1.71. The SMILES string of the molecule is CC1CCCC(Nc2cccc(C(N)=O)c2N)C1. The molecular weight excluding hydrogens is 226 g/mol. The summed E-state index contributed by atoms with van der Waals surface area (Å²) in [5, 5.41) is 3.44. The molecule has 2 atom stereocenters. The first kappa shape index (κ1) is 12.7. The number of hydrogen-bond donors (Lipinski definition) is 3. The fourth-order valence-corrected chi connectivity index (χ4v) is 2.69. The topological polar surface area (TPSA) is 81.1 Å². The van der Waals surface area contributed by atoms with E-state index in [0.717, 1.165) is 24.4 Å². The molecule has 0 aromatic heterocycles. The molecule has 1 aliphatic carbocycles. The Morgan fingerprint density at radius 3 is 2.83 bits per heavy atom. The zero-order valence-corrected chi connectivity index (χ0v) is 10.8. The Morgan fingerprint density at radius 2 is 2.17 bits per heavy atom. The number of carbonyl (C=O) groups excluding carboxylic acids is 1. The Morgan fingerprint density at radius 1 is 1.39 bits per heavy atom. The highest BCUT2D eigenvalue weighted by Gasteiger charge is 2.20. The quantitative estimate of drug-likeness (QED) is 0.717. The average Bonchev–Trinajstić information content (AvgIpc) is 2.31. The van der Waals surface area contributed by atoms with Gasteiger partial charge in [-0.25, -0.2) is 0 Å². The summed E-state index contributed by atoms with van der Waals surface area (Å²) in [6.07, 6.45) is 4.86. The van der Waals surface area contributed by atoms with E-state index in [1.54, 1.807) is 6.07 Å². The summed E-state index contributed by atoms with van der Waals surface area (Å²) in [7, 11) is 0. The van der Waals surface area contributed by atoms with Crippen LogP contribution in [0.15, 0.2) is 18.2 Å². The molecule has 2 rings (SSSR count). The number of amides is 1. The lowest BCUT2D eigenvalue weighted by Gasteiger charge is -2.29. The molecule has 1 aromatic carbocycles. The first-order chi connectivity index (χ1) is 8.58. The molecule has 1 saturated carbocycles. The van der Waals surface area contributed by atoms with E-state index in [4.69, 9.17) is 11.5 Å². The van der Waals surface area contributed by atoms with Crippen molar-refractivity contribution in [3.63, 3.8) is 0 Å². The van der Waals surface area contributed by atoms with E-state index >= 15 is 0 Å². The molecule has 1 aromatic rings. The van der Waals surface area contributed by atoms with Gasteiger partial charge in [-0.15, -0.1) is 0 Å². The van der Waals surface area contributed by atoms with Crippen molar-refractivity contribution >= 4 is 17.3 Å². The smallest absolute Gasteiger partial charge is 0.250 e. The maximum Gasteiger partial charge on any atom is 0.250 e. The first-order valence-electron chi connectivity index (χ1n) is 6.52. The van der Waals surface area contributed by atoms with Crippen molar-refractivity contribution < 1.29 is 4.79 Å². The van der Waals surface area contributed by atoms with Crippen molar-refractivity contribution in [2.24, 2.45) is 11.7 Å². The van der Waals surface area contributed by atoms with Gasteiger partial charge in [0.25, 0.3) is 5.91 Å². The highest BCUT2D eigenvalue weighted by Crippen LogP contribution is 2.29. The van der Waals surface area contributed by atoms with Crippen molar-refractivity contribution in [1.29, 1.82) is 0 Å². The number of nitrogens with two attached hydrogens (primary N) is 2. The number of para-hydroxylation sites is 1. The summed E-state index contributed by atoms with van der Waals surface area (Å²) in [6.45, 7) is 2.27. The minimum atomic E-state index is -0.479. The van der Waals surface area contributed by atoms with Gasteiger partial charge in [0.1, 0.15) is 0 Å². The Kier molecular flexibility index (Phi) is 3.75. The van der Waals surface area contributed by atoms with Gasteiger partial charge in [0.2, 0.25) is 0 Å². The number of nitrogens with one attached hydrogen (secondary N) is 1. The van der Waals surface area contributed by atoms with Crippen molar-refractivity contribution in [3.8, 4) is 0 Å². The molecule has 0 spiro atoms. The van der Waals surface area contributed by atoms with Crippen LogP contribution in [0.3, 0.4) is 0 Å². The maximum atomic E-state index is 11.2. The molecule has 4 nitrogen and oxygen atoms in total. The molecule has 1 amide bonds. The highest BCUT2D eigenvalue weighted by molar-refractivity contribution is 6.00.